The average Bonchev–Trinajstić information content (AvgIpc) is 2.42. The monoisotopic (exact) mass is 316 g/mol. The van der Waals surface area contributed by atoms with E-state index in [0.717, 1.165) is 6.07 Å². The van der Waals surface area contributed by atoms with E-state index in [9.17, 15) is 18.0 Å². The highest BCUT2D eigenvalue weighted by atomic mass is 32.2. The Labute approximate surface area is 122 Å². The Balaban J connectivity index is 2.87. The molecule has 9 heteroatoms. The fraction of sp³-hybridized carbons (Fsp3) is 0.333. The molecule has 0 radical (unpaired) electrons. The van der Waals surface area contributed by atoms with Gasteiger partial charge in [0.1, 0.15) is 10.6 Å². The van der Waals surface area contributed by atoms with Crippen molar-refractivity contribution in [2.45, 2.75) is 17.7 Å². The van der Waals surface area contributed by atoms with Crippen molar-refractivity contribution in [3.8, 4) is 5.75 Å². The van der Waals surface area contributed by atoms with E-state index in [2.05, 4.69) is 5.32 Å². The van der Waals surface area contributed by atoms with E-state index in [4.69, 9.17) is 15.0 Å². The van der Waals surface area contributed by atoms with Crippen LogP contribution < -0.4 is 15.2 Å². The highest BCUT2D eigenvalue weighted by Crippen LogP contribution is 2.24. The number of rotatable bonds is 7. The van der Waals surface area contributed by atoms with E-state index >= 15 is 0 Å². The van der Waals surface area contributed by atoms with Crippen molar-refractivity contribution in [3.63, 3.8) is 0 Å². The minimum absolute atomic E-state index is 0.0422. The molecular weight excluding hydrogens is 300 g/mol. The summed E-state index contributed by atoms with van der Waals surface area (Å²) in [4.78, 5) is 21.5. The predicted octanol–water partition coefficient (Wildman–Crippen LogP) is -0.0628. The zero-order valence-corrected chi connectivity index (χ0v) is 12.1. The molecular formula is C12H16N2O6S. The lowest BCUT2D eigenvalue weighted by Gasteiger charge is -2.10. The second-order valence-corrected chi connectivity index (χ2v) is 5.67. The van der Waals surface area contributed by atoms with Gasteiger partial charge in [-0.2, -0.15) is 0 Å². The number of benzene rings is 1. The van der Waals surface area contributed by atoms with Crippen LogP contribution in [0.15, 0.2) is 23.1 Å². The number of nitrogens with two attached hydrogens (primary N) is 1. The fourth-order valence-corrected chi connectivity index (χ4v) is 2.22. The molecule has 1 aromatic carbocycles. The number of primary sulfonamides is 1. The van der Waals surface area contributed by atoms with Crippen LogP contribution in [0.5, 0.6) is 5.75 Å². The van der Waals surface area contributed by atoms with Crippen LogP contribution in [0.2, 0.25) is 0 Å². The third kappa shape index (κ3) is 5.04. The van der Waals surface area contributed by atoms with Gasteiger partial charge in [0.25, 0.3) is 0 Å². The van der Waals surface area contributed by atoms with Gasteiger partial charge in [0, 0.05) is 13.5 Å². The molecule has 0 unspecified atom stereocenters. The number of nitrogens with one attached hydrogen (secondary N) is 1. The molecule has 1 aromatic rings. The Morgan fingerprint density at radius 2 is 2.05 bits per heavy atom. The van der Waals surface area contributed by atoms with Crippen molar-refractivity contribution < 1.29 is 27.9 Å². The third-order valence-electron chi connectivity index (χ3n) is 2.58. The molecule has 0 fully saturated rings. The Hall–Kier alpha value is -2.13. The van der Waals surface area contributed by atoms with E-state index in [1.54, 1.807) is 0 Å². The highest BCUT2D eigenvalue weighted by molar-refractivity contribution is 7.89. The summed E-state index contributed by atoms with van der Waals surface area (Å²) in [6, 6.07) is 3.37. The minimum atomic E-state index is -4.12. The Bertz CT molecular complexity index is 641. The first-order chi connectivity index (χ1) is 9.75. The summed E-state index contributed by atoms with van der Waals surface area (Å²) in [5.41, 5.74) is -0.211. The topological polar surface area (TPSA) is 136 Å². The lowest BCUT2D eigenvalue weighted by molar-refractivity contribution is -0.120. The number of sulfonamides is 1. The largest absolute Gasteiger partial charge is 0.492 e. The van der Waals surface area contributed by atoms with E-state index < -0.39 is 20.9 Å². The fourth-order valence-electron chi connectivity index (χ4n) is 1.52. The molecule has 0 aliphatic rings. The van der Waals surface area contributed by atoms with Gasteiger partial charge in [-0.15, -0.1) is 0 Å². The second kappa shape index (κ2) is 7.04. The van der Waals surface area contributed by atoms with E-state index in [1.165, 1.54) is 19.2 Å². The van der Waals surface area contributed by atoms with Gasteiger partial charge in [0.05, 0.1) is 12.2 Å². The summed E-state index contributed by atoms with van der Waals surface area (Å²) in [7, 11) is -2.61. The molecule has 0 saturated carbocycles. The zero-order valence-electron chi connectivity index (χ0n) is 11.3. The van der Waals surface area contributed by atoms with Crippen molar-refractivity contribution in [3.05, 3.63) is 23.8 Å². The molecule has 0 aliphatic carbocycles. The van der Waals surface area contributed by atoms with Crippen LogP contribution in [0.4, 0.5) is 0 Å². The first-order valence-electron chi connectivity index (χ1n) is 5.99. The standard InChI is InChI=1S/C12H16N2O6S/c1-14-11(15)3-2-6-20-9-5-4-8(12(16)17)7-10(9)21(13,18)19/h4-5,7H,2-3,6H2,1H3,(H,14,15)(H,16,17)(H2,13,18,19). The van der Waals surface area contributed by atoms with Crippen molar-refractivity contribution in [1.29, 1.82) is 0 Å². The van der Waals surface area contributed by atoms with Crippen LogP contribution in [-0.2, 0) is 14.8 Å². The van der Waals surface area contributed by atoms with Gasteiger partial charge in [-0.05, 0) is 24.6 Å². The van der Waals surface area contributed by atoms with Crippen molar-refractivity contribution >= 4 is 21.9 Å². The van der Waals surface area contributed by atoms with Crippen LogP contribution in [0.1, 0.15) is 23.2 Å². The average molecular weight is 316 g/mol. The van der Waals surface area contributed by atoms with E-state index in [-0.39, 0.29) is 30.2 Å². The van der Waals surface area contributed by atoms with Crippen molar-refractivity contribution in [2.75, 3.05) is 13.7 Å². The normalized spacial score (nSPS) is 11.0. The molecule has 1 amide bonds. The SMILES string of the molecule is CNC(=O)CCCOc1ccc(C(=O)O)cc1S(N)(=O)=O. The van der Waals surface area contributed by atoms with Crippen molar-refractivity contribution in [1.82, 2.24) is 5.32 Å². The van der Waals surface area contributed by atoms with E-state index in [0.29, 0.717) is 6.42 Å². The molecule has 4 N–H and O–H groups in total. The molecule has 8 nitrogen and oxygen atoms in total. The van der Waals surface area contributed by atoms with Gasteiger partial charge in [0.2, 0.25) is 15.9 Å². The zero-order chi connectivity index (χ0) is 16.0. The van der Waals surface area contributed by atoms with Crippen LogP contribution >= 0.6 is 0 Å². The highest BCUT2D eigenvalue weighted by Gasteiger charge is 2.18. The van der Waals surface area contributed by atoms with Gasteiger partial charge in [-0.1, -0.05) is 0 Å². The molecule has 0 bridgehead atoms. The number of carbonyl (C=O) groups is 2. The quantitative estimate of drug-likeness (QED) is 0.603. The van der Waals surface area contributed by atoms with Gasteiger partial charge in [-0.3, -0.25) is 4.79 Å². The molecule has 0 spiro atoms. The molecule has 116 valence electrons. The second-order valence-electron chi connectivity index (χ2n) is 4.14. The predicted molar refractivity (Wildman–Crippen MR) is 73.6 cm³/mol. The van der Waals surface area contributed by atoms with Crippen LogP contribution in [0.3, 0.4) is 0 Å². The minimum Gasteiger partial charge on any atom is -0.492 e. The smallest absolute Gasteiger partial charge is 0.335 e. The Morgan fingerprint density at radius 1 is 1.38 bits per heavy atom. The lowest BCUT2D eigenvalue weighted by atomic mass is 10.2. The van der Waals surface area contributed by atoms with Crippen molar-refractivity contribution in [2.24, 2.45) is 5.14 Å². The van der Waals surface area contributed by atoms with Crippen LogP contribution in [0, 0.1) is 0 Å². The molecule has 0 aromatic heterocycles. The van der Waals surface area contributed by atoms with Gasteiger partial charge in [0.15, 0.2) is 0 Å². The van der Waals surface area contributed by atoms with Crippen LogP contribution in [-0.4, -0.2) is 39.1 Å². The number of ether oxygens (including phenoxy) is 1. The number of hydrogen-bond acceptors (Lipinski definition) is 5. The molecule has 0 atom stereocenters. The summed E-state index contributed by atoms with van der Waals surface area (Å²) < 4.78 is 28.2. The van der Waals surface area contributed by atoms with Crippen LogP contribution in [0.25, 0.3) is 0 Å². The summed E-state index contributed by atoms with van der Waals surface area (Å²) in [5.74, 6) is -1.48. The third-order valence-corrected chi connectivity index (χ3v) is 3.51. The number of aromatic carboxylic acids is 1. The molecule has 21 heavy (non-hydrogen) atoms. The van der Waals surface area contributed by atoms with Gasteiger partial charge in [-0.25, -0.2) is 18.4 Å². The number of amides is 1. The summed E-state index contributed by atoms with van der Waals surface area (Å²) in [5, 5.41) is 16.3. The number of carboxylic acids is 1. The van der Waals surface area contributed by atoms with Gasteiger partial charge >= 0.3 is 5.97 Å². The Kier molecular flexibility index (Phi) is 5.68. The summed E-state index contributed by atoms with van der Waals surface area (Å²) >= 11 is 0. The Morgan fingerprint density at radius 3 is 2.57 bits per heavy atom. The lowest BCUT2D eigenvalue weighted by Crippen LogP contribution is -2.18. The number of carboxylic acid groups (broad SMARTS) is 1. The molecule has 0 saturated heterocycles. The maximum absolute atomic E-state index is 11.5. The number of carbonyl (C=O) groups excluding carboxylic acids is 1. The first kappa shape index (κ1) is 16.9. The van der Waals surface area contributed by atoms with Gasteiger partial charge < -0.3 is 15.2 Å². The van der Waals surface area contributed by atoms with E-state index in [1.807, 2.05) is 0 Å². The number of hydrogen-bond donors (Lipinski definition) is 3. The maximum atomic E-state index is 11.5. The summed E-state index contributed by atoms with van der Waals surface area (Å²) in [6.45, 7) is 0.0996. The molecule has 1 rings (SSSR count). The maximum Gasteiger partial charge on any atom is 0.335 e. The summed E-state index contributed by atoms with van der Waals surface area (Å²) in [6.07, 6.45) is 0.610. The molecule has 0 heterocycles. The molecule has 0 aliphatic heterocycles. The first-order valence-corrected chi connectivity index (χ1v) is 7.54.